The molecule has 7 heteroatoms. The first-order valence-electron chi connectivity index (χ1n) is 9.28. The number of benzene rings is 3. The van der Waals surface area contributed by atoms with Crippen LogP contribution in [-0.2, 0) is 11.2 Å². The highest BCUT2D eigenvalue weighted by atomic mass is 35.5. The van der Waals surface area contributed by atoms with Gasteiger partial charge in [-0.1, -0.05) is 17.7 Å². The summed E-state index contributed by atoms with van der Waals surface area (Å²) in [5.41, 5.74) is 2.89. The van der Waals surface area contributed by atoms with Gasteiger partial charge in [-0.15, -0.1) is 0 Å². The number of hydrogen-bond acceptors (Lipinski definition) is 5. The van der Waals surface area contributed by atoms with Crippen LogP contribution in [0.2, 0.25) is 5.02 Å². The lowest BCUT2D eigenvalue weighted by Crippen LogP contribution is -2.15. The minimum absolute atomic E-state index is 0.112. The molecule has 0 saturated carbocycles. The van der Waals surface area contributed by atoms with Crippen LogP contribution in [0.25, 0.3) is 0 Å². The SMILES string of the molecule is COc1ccc(NC(=O)Cc2ccc(Cl)c(Oc3cc(C#N)cc(C#N)c3)c2)c(C)c1. The molecule has 3 aromatic rings. The summed E-state index contributed by atoms with van der Waals surface area (Å²) in [7, 11) is 1.59. The topological polar surface area (TPSA) is 95.1 Å². The third-order valence-corrected chi connectivity index (χ3v) is 4.77. The number of carbonyl (C=O) groups excluding carboxylic acids is 1. The van der Waals surface area contributed by atoms with E-state index in [-0.39, 0.29) is 12.3 Å². The predicted molar refractivity (Wildman–Crippen MR) is 117 cm³/mol. The second-order valence-electron chi connectivity index (χ2n) is 6.74. The summed E-state index contributed by atoms with van der Waals surface area (Å²) in [5.74, 6) is 1.16. The van der Waals surface area contributed by atoms with E-state index in [1.807, 2.05) is 25.1 Å². The Labute approximate surface area is 185 Å². The fourth-order valence-corrected chi connectivity index (χ4v) is 3.09. The number of carbonyl (C=O) groups is 1. The Morgan fingerprint density at radius 3 is 2.32 bits per heavy atom. The molecule has 0 aliphatic heterocycles. The van der Waals surface area contributed by atoms with Gasteiger partial charge in [0.2, 0.25) is 5.91 Å². The van der Waals surface area contributed by atoms with E-state index in [0.29, 0.717) is 38.9 Å². The first kappa shape index (κ1) is 21.7. The highest BCUT2D eigenvalue weighted by Crippen LogP contribution is 2.31. The Bertz CT molecular complexity index is 1190. The van der Waals surface area contributed by atoms with Crippen molar-refractivity contribution in [1.29, 1.82) is 10.5 Å². The number of aryl methyl sites for hydroxylation is 1. The van der Waals surface area contributed by atoms with Crippen molar-refractivity contribution in [3.63, 3.8) is 0 Å². The van der Waals surface area contributed by atoms with E-state index in [0.717, 1.165) is 11.3 Å². The van der Waals surface area contributed by atoms with Crippen molar-refractivity contribution in [2.24, 2.45) is 0 Å². The maximum absolute atomic E-state index is 12.5. The van der Waals surface area contributed by atoms with Crippen LogP contribution in [0.4, 0.5) is 5.69 Å². The molecule has 0 bridgehead atoms. The van der Waals surface area contributed by atoms with Crippen LogP contribution < -0.4 is 14.8 Å². The molecule has 0 aromatic heterocycles. The van der Waals surface area contributed by atoms with E-state index < -0.39 is 0 Å². The van der Waals surface area contributed by atoms with Crippen LogP contribution >= 0.6 is 11.6 Å². The molecule has 3 aromatic carbocycles. The predicted octanol–water partition coefficient (Wildman–Crippen LogP) is 5.37. The Morgan fingerprint density at radius 2 is 1.71 bits per heavy atom. The van der Waals surface area contributed by atoms with Gasteiger partial charge in [0.05, 0.1) is 41.8 Å². The number of rotatable bonds is 6. The van der Waals surface area contributed by atoms with Crippen LogP contribution in [0.5, 0.6) is 17.2 Å². The van der Waals surface area contributed by atoms with Crippen molar-refractivity contribution >= 4 is 23.2 Å². The van der Waals surface area contributed by atoms with Crippen LogP contribution in [0.15, 0.2) is 54.6 Å². The number of nitriles is 2. The van der Waals surface area contributed by atoms with Crippen molar-refractivity contribution < 1.29 is 14.3 Å². The van der Waals surface area contributed by atoms with Crippen molar-refractivity contribution in [3.05, 3.63) is 81.9 Å². The molecule has 0 saturated heterocycles. The first-order chi connectivity index (χ1) is 14.9. The normalized spacial score (nSPS) is 9.97. The number of anilines is 1. The Morgan fingerprint density at radius 1 is 1.00 bits per heavy atom. The van der Waals surface area contributed by atoms with Gasteiger partial charge in [0.25, 0.3) is 0 Å². The molecular formula is C24H18ClN3O3. The maximum atomic E-state index is 12.5. The largest absolute Gasteiger partial charge is 0.497 e. The van der Waals surface area contributed by atoms with Gasteiger partial charge in [0, 0.05) is 5.69 Å². The molecule has 3 rings (SSSR count). The third-order valence-electron chi connectivity index (χ3n) is 4.46. The van der Waals surface area contributed by atoms with E-state index in [1.165, 1.54) is 18.2 Å². The quantitative estimate of drug-likeness (QED) is 0.565. The molecule has 0 aliphatic rings. The van der Waals surface area contributed by atoms with E-state index in [4.69, 9.17) is 31.6 Å². The summed E-state index contributed by atoms with van der Waals surface area (Å²) >= 11 is 6.24. The molecule has 154 valence electrons. The average molecular weight is 432 g/mol. The molecule has 1 N–H and O–H groups in total. The third kappa shape index (κ3) is 5.54. The van der Waals surface area contributed by atoms with Gasteiger partial charge in [0.15, 0.2) is 0 Å². The molecular weight excluding hydrogens is 414 g/mol. The number of hydrogen-bond donors (Lipinski definition) is 1. The lowest BCUT2D eigenvalue weighted by atomic mass is 10.1. The summed E-state index contributed by atoms with van der Waals surface area (Å²) in [6, 6.07) is 18.9. The van der Waals surface area contributed by atoms with Gasteiger partial charge < -0.3 is 14.8 Å². The Hall–Kier alpha value is -4.00. The molecule has 0 fully saturated rings. The second-order valence-corrected chi connectivity index (χ2v) is 7.15. The summed E-state index contributed by atoms with van der Waals surface area (Å²) in [6.07, 6.45) is 0.112. The van der Waals surface area contributed by atoms with E-state index in [1.54, 1.807) is 37.4 Å². The molecule has 0 radical (unpaired) electrons. The second kappa shape index (κ2) is 9.67. The molecule has 6 nitrogen and oxygen atoms in total. The van der Waals surface area contributed by atoms with Crippen molar-refractivity contribution in [2.75, 3.05) is 12.4 Å². The highest BCUT2D eigenvalue weighted by Gasteiger charge is 2.11. The fraction of sp³-hybridized carbons (Fsp3) is 0.125. The number of nitrogens with one attached hydrogen (secondary N) is 1. The first-order valence-corrected chi connectivity index (χ1v) is 9.65. The molecule has 0 heterocycles. The van der Waals surface area contributed by atoms with Crippen molar-refractivity contribution in [1.82, 2.24) is 0 Å². The number of ether oxygens (including phenoxy) is 2. The molecule has 31 heavy (non-hydrogen) atoms. The Balaban J connectivity index is 1.76. The maximum Gasteiger partial charge on any atom is 0.228 e. The van der Waals surface area contributed by atoms with Crippen LogP contribution in [0, 0.1) is 29.6 Å². The van der Waals surface area contributed by atoms with Gasteiger partial charge in [-0.25, -0.2) is 0 Å². The van der Waals surface area contributed by atoms with Gasteiger partial charge in [-0.05, 0) is 66.6 Å². The molecule has 0 unspecified atom stereocenters. The van der Waals surface area contributed by atoms with Crippen LogP contribution in [0.1, 0.15) is 22.3 Å². The number of halogens is 1. The average Bonchev–Trinajstić information content (AvgIpc) is 2.77. The zero-order valence-corrected chi connectivity index (χ0v) is 17.7. The number of nitrogens with zero attached hydrogens (tertiary/aromatic N) is 2. The summed E-state index contributed by atoms with van der Waals surface area (Å²) in [6.45, 7) is 1.89. The monoisotopic (exact) mass is 431 g/mol. The molecule has 0 spiro atoms. The molecule has 0 atom stereocenters. The smallest absolute Gasteiger partial charge is 0.228 e. The van der Waals surface area contributed by atoms with Crippen LogP contribution in [0.3, 0.4) is 0 Å². The minimum atomic E-state index is -0.195. The van der Waals surface area contributed by atoms with E-state index >= 15 is 0 Å². The summed E-state index contributed by atoms with van der Waals surface area (Å²) in [5, 5.41) is 21.5. The van der Waals surface area contributed by atoms with E-state index in [2.05, 4.69) is 5.32 Å². The number of methoxy groups -OCH3 is 1. The summed E-state index contributed by atoms with van der Waals surface area (Å²) in [4.78, 5) is 12.5. The van der Waals surface area contributed by atoms with Gasteiger partial charge in [-0.2, -0.15) is 10.5 Å². The van der Waals surface area contributed by atoms with Gasteiger partial charge >= 0.3 is 0 Å². The van der Waals surface area contributed by atoms with Crippen LogP contribution in [-0.4, -0.2) is 13.0 Å². The zero-order chi connectivity index (χ0) is 22.4. The lowest BCUT2D eigenvalue weighted by molar-refractivity contribution is -0.115. The summed E-state index contributed by atoms with van der Waals surface area (Å²) < 4.78 is 11.0. The van der Waals surface area contributed by atoms with Crippen molar-refractivity contribution in [3.8, 4) is 29.4 Å². The minimum Gasteiger partial charge on any atom is -0.497 e. The Kier molecular flexibility index (Phi) is 6.77. The zero-order valence-electron chi connectivity index (χ0n) is 16.9. The van der Waals surface area contributed by atoms with Gasteiger partial charge in [0.1, 0.15) is 17.2 Å². The fourth-order valence-electron chi connectivity index (χ4n) is 2.93. The molecule has 0 aliphatic carbocycles. The lowest BCUT2D eigenvalue weighted by Gasteiger charge is -2.12. The van der Waals surface area contributed by atoms with Gasteiger partial charge in [-0.3, -0.25) is 4.79 Å². The van der Waals surface area contributed by atoms with Crippen molar-refractivity contribution in [2.45, 2.75) is 13.3 Å². The highest BCUT2D eigenvalue weighted by molar-refractivity contribution is 6.32. The number of amides is 1. The standard InChI is InChI=1S/C24H18ClN3O3/c1-15-7-19(30-2)4-6-22(15)28-24(29)12-16-3-5-21(25)23(11-16)31-20-9-17(13-26)8-18(10-20)14-27/h3-11H,12H2,1-2H3,(H,28,29). The van der Waals surface area contributed by atoms with E-state index in [9.17, 15) is 4.79 Å². The molecule has 1 amide bonds.